The third kappa shape index (κ3) is 1.43. The normalized spacial score (nSPS) is 33.3. The van der Waals surface area contributed by atoms with Gasteiger partial charge in [-0.15, -0.1) is 0 Å². The minimum atomic E-state index is 0.0138. The van der Waals surface area contributed by atoms with Crippen molar-refractivity contribution in [1.29, 1.82) is 0 Å². The van der Waals surface area contributed by atoms with E-state index in [2.05, 4.69) is 13.8 Å². The molecule has 0 amide bonds. The number of hydrogen-bond acceptors (Lipinski definition) is 2. The third-order valence-corrected chi connectivity index (χ3v) is 3.71. The largest absolute Gasteiger partial charge is 0.299 e. The van der Waals surface area contributed by atoms with Gasteiger partial charge in [0.25, 0.3) is 0 Å². The molecule has 2 unspecified atom stereocenters. The fourth-order valence-electron chi connectivity index (χ4n) is 2.59. The standard InChI is InChI=1S/C12H16O2/c1-7-5-9-10(6-8(7)2)12(14)4-3-11(9)13/h9-10H,3-6H2,1-2H3. The first-order valence-corrected chi connectivity index (χ1v) is 5.30. The van der Waals surface area contributed by atoms with Crippen molar-refractivity contribution >= 4 is 11.6 Å². The summed E-state index contributed by atoms with van der Waals surface area (Å²) < 4.78 is 0. The lowest BCUT2D eigenvalue weighted by molar-refractivity contribution is -0.138. The number of rotatable bonds is 0. The van der Waals surface area contributed by atoms with Crippen LogP contribution in [0, 0.1) is 11.8 Å². The molecular weight excluding hydrogens is 176 g/mol. The van der Waals surface area contributed by atoms with Gasteiger partial charge in [-0.1, -0.05) is 11.1 Å². The van der Waals surface area contributed by atoms with Gasteiger partial charge in [0.1, 0.15) is 11.6 Å². The Labute approximate surface area is 84.4 Å². The van der Waals surface area contributed by atoms with E-state index in [9.17, 15) is 9.59 Å². The first-order chi connectivity index (χ1) is 6.59. The summed E-state index contributed by atoms with van der Waals surface area (Å²) in [5, 5.41) is 0. The molecule has 0 spiro atoms. The molecule has 0 saturated heterocycles. The molecular formula is C12H16O2. The van der Waals surface area contributed by atoms with Crippen molar-refractivity contribution in [3.63, 3.8) is 0 Å². The van der Waals surface area contributed by atoms with Gasteiger partial charge in [-0.2, -0.15) is 0 Å². The van der Waals surface area contributed by atoms with Crippen molar-refractivity contribution < 1.29 is 9.59 Å². The summed E-state index contributed by atoms with van der Waals surface area (Å²) in [5.74, 6) is 0.641. The maximum Gasteiger partial charge on any atom is 0.137 e. The lowest BCUT2D eigenvalue weighted by Gasteiger charge is -2.34. The molecule has 2 atom stereocenters. The van der Waals surface area contributed by atoms with Crippen LogP contribution in [0.5, 0.6) is 0 Å². The molecule has 0 heterocycles. The molecule has 2 rings (SSSR count). The third-order valence-electron chi connectivity index (χ3n) is 3.71. The first kappa shape index (κ1) is 9.63. The van der Waals surface area contributed by atoms with Gasteiger partial charge in [-0.05, 0) is 26.7 Å². The second-order valence-electron chi connectivity index (χ2n) is 4.61. The fraction of sp³-hybridized carbons (Fsp3) is 0.667. The molecule has 14 heavy (non-hydrogen) atoms. The number of carbonyl (C=O) groups is 2. The average Bonchev–Trinajstić information content (AvgIpc) is 2.15. The molecule has 2 aliphatic rings. The van der Waals surface area contributed by atoms with Crippen LogP contribution >= 0.6 is 0 Å². The number of fused-ring (bicyclic) bond motifs is 1. The number of carbonyl (C=O) groups excluding carboxylic acids is 2. The molecule has 76 valence electrons. The minimum absolute atomic E-state index is 0.0138. The maximum atomic E-state index is 11.7. The van der Waals surface area contributed by atoms with E-state index in [-0.39, 0.29) is 11.8 Å². The van der Waals surface area contributed by atoms with E-state index in [1.807, 2.05) is 0 Å². The molecule has 0 bridgehead atoms. The van der Waals surface area contributed by atoms with Crippen molar-refractivity contribution in [3.05, 3.63) is 11.1 Å². The van der Waals surface area contributed by atoms with Gasteiger partial charge >= 0.3 is 0 Å². The van der Waals surface area contributed by atoms with Gasteiger partial charge in [-0.3, -0.25) is 9.59 Å². The van der Waals surface area contributed by atoms with Crippen LogP contribution in [0.25, 0.3) is 0 Å². The number of hydrogen-bond donors (Lipinski definition) is 0. The molecule has 0 radical (unpaired) electrons. The Balaban J connectivity index is 2.29. The molecule has 2 nitrogen and oxygen atoms in total. The van der Waals surface area contributed by atoms with Crippen LogP contribution in [0.1, 0.15) is 39.5 Å². The predicted octanol–water partition coefficient (Wildman–Crippen LogP) is 2.28. The van der Waals surface area contributed by atoms with Crippen molar-refractivity contribution in [2.24, 2.45) is 11.8 Å². The van der Waals surface area contributed by atoms with E-state index in [1.165, 1.54) is 11.1 Å². The molecule has 1 fully saturated rings. The van der Waals surface area contributed by atoms with E-state index >= 15 is 0 Å². The molecule has 2 heteroatoms. The van der Waals surface area contributed by atoms with Crippen molar-refractivity contribution in [3.8, 4) is 0 Å². The molecule has 0 aliphatic heterocycles. The summed E-state index contributed by atoms with van der Waals surface area (Å²) in [5.41, 5.74) is 2.63. The fourth-order valence-corrected chi connectivity index (χ4v) is 2.59. The van der Waals surface area contributed by atoms with Gasteiger partial charge in [0, 0.05) is 24.7 Å². The van der Waals surface area contributed by atoms with E-state index in [0.29, 0.717) is 24.4 Å². The molecule has 0 aromatic heterocycles. The highest BCUT2D eigenvalue weighted by molar-refractivity contribution is 5.96. The molecule has 2 aliphatic carbocycles. The van der Waals surface area contributed by atoms with Crippen molar-refractivity contribution in [2.75, 3.05) is 0 Å². The van der Waals surface area contributed by atoms with Gasteiger partial charge < -0.3 is 0 Å². The van der Waals surface area contributed by atoms with E-state index in [4.69, 9.17) is 0 Å². The summed E-state index contributed by atoms with van der Waals surface area (Å²) >= 11 is 0. The SMILES string of the molecule is CC1=C(C)CC2C(=O)CCC(=O)C2C1. The van der Waals surface area contributed by atoms with Crippen LogP contribution in [0.15, 0.2) is 11.1 Å². The first-order valence-electron chi connectivity index (χ1n) is 5.30. The predicted molar refractivity (Wildman–Crippen MR) is 53.8 cm³/mol. The van der Waals surface area contributed by atoms with Crippen molar-refractivity contribution in [1.82, 2.24) is 0 Å². The van der Waals surface area contributed by atoms with Crippen molar-refractivity contribution in [2.45, 2.75) is 39.5 Å². The minimum Gasteiger partial charge on any atom is -0.299 e. The van der Waals surface area contributed by atoms with Gasteiger partial charge in [-0.25, -0.2) is 0 Å². The average molecular weight is 192 g/mol. The van der Waals surface area contributed by atoms with Gasteiger partial charge in [0.05, 0.1) is 0 Å². The van der Waals surface area contributed by atoms with Gasteiger partial charge in [0.15, 0.2) is 0 Å². The zero-order chi connectivity index (χ0) is 10.3. The Morgan fingerprint density at radius 1 is 0.857 bits per heavy atom. The Hall–Kier alpha value is -0.920. The Morgan fingerprint density at radius 3 is 1.57 bits per heavy atom. The topological polar surface area (TPSA) is 34.1 Å². The summed E-state index contributed by atoms with van der Waals surface area (Å²) in [6.45, 7) is 4.16. The van der Waals surface area contributed by atoms with E-state index in [1.54, 1.807) is 0 Å². The highest BCUT2D eigenvalue weighted by Gasteiger charge is 2.39. The molecule has 0 N–H and O–H groups in total. The zero-order valence-electron chi connectivity index (χ0n) is 8.80. The van der Waals surface area contributed by atoms with Crippen LogP contribution in [0.2, 0.25) is 0 Å². The smallest absolute Gasteiger partial charge is 0.137 e. The summed E-state index contributed by atoms with van der Waals surface area (Å²) in [6.07, 6.45) is 2.60. The number of allylic oxidation sites excluding steroid dienone is 2. The second-order valence-corrected chi connectivity index (χ2v) is 4.61. The highest BCUT2D eigenvalue weighted by atomic mass is 16.1. The van der Waals surface area contributed by atoms with E-state index in [0.717, 1.165) is 12.8 Å². The lowest BCUT2D eigenvalue weighted by atomic mass is 9.68. The maximum absolute atomic E-state index is 11.7. The Morgan fingerprint density at radius 2 is 1.21 bits per heavy atom. The van der Waals surface area contributed by atoms with E-state index < -0.39 is 0 Å². The van der Waals surface area contributed by atoms with Gasteiger partial charge in [0.2, 0.25) is 0 Å². The summed E-state index contributed by atoms with van der Waals surface area (Å²) in [4.78, 5) is 23.3. The molecule has 0 aromatic rings. The number of Topliss-reactive ketones (excluding diaryl/α,β-unsaturated/α-hetero) is 2. The Kier molecular flexibility index (Phi) is 2.30. The van der Waals surface area contributed by atoms with Crippen LogP contribution in [-0.2, 0) is 9.59 Å². The van der Waals surface area contributed by atoms with Crippen LogP contribution in [0.4, 0.5) is 0 Å². The highest BCUT2D eigenvalue weighted by Crippen LogP contribution is 2.39. The second kappa shape index (κ2) is 3.34. The zero-order valence-corrected chi connectivity index (χ0v) is 8.80. The molecule has 0 aromatic carbocycles. The number of ketones is 2. The lowest BCUT2D eigenvalue weighted by Crippen LogP contribution is -2.37. The van der Waals surface area contributed by atoms with Crippen LogP contribution in [0.3, 0.4) is 0 Å². The summed E-state index contributed by atoms with van der Waals surface area (Å²) in [7, 11) is 0. The quantitative estimate of drug-likeness (QED) is 0.552. The Bertz CT molecular complexity index is 293. The summed E-state index contributed by atoms with van der Waals surface area (Å²) in [6, 6.07) is 0. The monoisotopic (exact) mass is 192 g/mol. The van der Waals surface area contributed by atoms with Crippen LogP contribution < -0.4 is 0 Å². The van der Waals surface area contributed by atoms with Crippen LogP contribution in [-0.4, -0.2) is 11.6 Å². The molecule has 1 saturated carbocycles.